The zero-order valence-electron chi connectivity index (χ0n) is 15.2. The molecule has 140 valence electrons. The number of ether oxygens (including phenoxy) is 1. The first-order chi connectivity index (χ1) is 12.9. The standard InChI is InChI=1S/C21H21ClN2O3/c1-3-14(2)19(24-20(25)17-7-9-18(22)10-8-17)21(26)27-13-16-6-4-5-15(11-16)12-23/h4-11,14,19H,3,13H2,1-2H3,(H,24,25)/t14-,19-/m0/s1. The van der Waals surface area contributed by atoms with Gasteiger partial charge in [-0.2, -0.15) is 5.26 Å². The SMILES string of the molecule is CC[C@H](C)[C@H](NC(=O)c1ccc(Cl)cc1)C(=O)OCc1cccc(C#N)c1. The van der Waals surface area contributed by atoms with E-state index >= 15 is 0 Å². The average Bonchev–Trinajstić information content (AvgIpc) is 2.70. The molecule has 0 aromatic heterocycles. The molecule has 2 aromatic rings. The lowest BCUT2D eigenvalue weighted by Gasteiger charge is -2.23. The van der Waals surface area contributed by atoms with Crippen molar-refractivity contribution in [2.24, 2.45) is 5.92 Å². The zero-order chi connectivity index (χ0) is 19.8. The van der Waals surface area contributed by atoms with E-state index in [1.807, 2.05) is 19.9 Å². The van der Waals surface area contributed by atoms with Gasteiger partial charge in [0.25, 0.3) is 5.91 Å². The number of benzene rings is 2. The Morgan fingerprint density at radius 1 is 1.22 bits per heavy atom. The first-order valence-corrected chi connectivity index (χ1v) is 9.04. The lowest BCUT2D eigenvalue weighted by molar-refractivity contribution is -0.148. The van der Waals surface area contributed by atoms with Gasteiger partial charge in [0.05, 0.1) is 11.6 Å². The van der Waals surface area contributed by atoms with Gasteiger partial charge in [-0.1, -0.05) is 44.0 Å². The van der Waals surface area contributed by atoms with E-state index in [0.29, 0.717) is 28.1 Å². The Balaban J connectivity index is 2.05. The molecule has 0 radical (unpaired) electrons. The fraction of sp³-hybridized carbons (Fsp3) is 0.286. The summed E-state index contributed by atoms with van der Waals surface area (Å²) in [7, 11) is 0. The molecule has 0 aliphatic heterocycles. The van der Waals surface area contributed by atoms with Crippen molar-refractivity contribution in [2.75, 3.05) is 0 Å². The fourth-order valence-electron chi connectivity index (χ4n) is 2.47. The average molecular weight is 385 g/mol. The van der Waals surface area contributed by atoms with E-state index in [0.717, 1.165) is 0 Å². The number of nitriles is 1. The van der Waals surface area contributed by atoms with Crippen molar-refractivity contribution in [1.82, 2.24) is 5.32 Å². The van der Waals surface area contributed by atoms with Crippen LogP contribution in [0.1, 0.15) is 41.8 Å². The van der Waals surface area contributed by atoms with Gasteiger partial charge in [-0.3, -0.25) is 4.79 Å². The van der Waals surface area contributed by atoms with Crippen LogP contribution in [0.3, 0.4) is 0 Å². The summed E-state index contributed by atoms with van der Waals surface area (Å²) in [5.74, 6) is -0.964. The van der Waals surface area contributed by atoms with Gasteiger partial charge in [0.15, 0.2) is 0 Å². The maximum Gasteiger partial charge on any atom is 0.329 e. The van der Waals surface area contributed by atoms with Crippen LogP contribution in [-0.4, -0.2) is 17.9 Å². The second kappa shape index (κ2) is 9.75. The summed E-state index contributed by atoms with van der Waals surface area (Å²) < 4.78 is 5.38. The number of esters is 1. The number of nitrogens with zero attached hydrogens (tertiary/aromatic N) is 1. The highest BCUT2D eigenvalue weighted by Gasteiger charge is 2.27. The molecule has 0 heterocycles. The molecule has 0 unspecified atom stereocenters. The Morgan fingerprint density at radius 3 is 2.56 bits per heavy atom. The molecule has 27 heavy (non-hydrogen) atoms. The Labute approximate surface area is 163 Å². The molecule has 0 saturated heterocycles. The molecular weight excluding hydrogens is 364 g/mol. The predicted octanol–water partition coefficient (Wildman–Crippen LogP) is 4.10. The first kappa shape index (κ1) is 20.5. The van der Waals surface area contributed by atoms with E-state index in [1.165, 1.54) is 0 Å². The lowest BCUT2D eigenvalue weighted by atomic mass is 9.98. The molecule has 5 nitrogen and oxygen atoms in total. The van der Waals surface area contributed by atoms with Crippen LogP contribution in [-0.2, 0) is 16.1 Å². The molecule has 1 N–H and O–H groups in total. The third-order valence-electron chi connectivity index (χ3n) is 4.30. The molecule has 6 heteroatoms. The van der Waals surface area contributed by atoms with Gasteiger partial charge in [-0.25, -0.2) is 4.79 Å². The summed E-state index contributed by atoms with van der Waals surface area (Å²) in [6, 6.07) is 14.6. The number of hydrogen-bond acceptors (Lipinski definition) is 4. The monoisotopic (exact) mass is 384 g/mol. The highest BCUT2D eigenvalue weighted by Crippen LogP contribution is 2.14. The highest BCUT2D eigenvalue weighted by atomic mass is 35.5. The van der Waals surface area contributed by atoms with Gasteiger partial charge in [0.1, 0.15) is 12.6 Å². The van der Waals surface area contributed by atoms with Crippen molar-refractivity contribution in [2.45, 2.75) is 32.9 Å². The third-order valence-corrected chi connectivity index (χ3v) is 4.55. The lowest BCUT2D eigenvalue weighted by Crippen LogP contribution is -2.45. The number of rotatable bonds is 7. The van der Waals surface area contributed by atoms with Crippen LogP contribution < -0.4 is 5.32 Å². The Bertz CT molecular complexity index is 843. The third kappa shape index (κ3) is 5.83. The Hall–Kier alpha value is -2.84. The van der Waals surface area contributed by atoms with E-state index in [9.17, 15) is 9.59 Å². The molecule has 0 spiro atoms. The second-order valence-electron chi connectivity index (χ2n) is 6.26. The summed E-state index contributed by atoms with van der Waals surface area (Å²) in [6.07, 6.45) is 0.699. The van der Waals surface area contributed by atoms with E-state index < -0.39 is 12.0 Å². The molecule has 0 saturated carbocycles. The smallest absolute Gasteiger partial charge is 0.329 e. The van der Waals surface area contributed by atoms with Gasteiger partial charge in [0.2, 0.25) is 0 Å². The Kier molecular flexibility index (Phi) is 7.39. The summed E-state index contributed by atoms with van der Waals surface area (Å²) in [5.41, 5.74) is 1.63. The van der Waals surface area contributed by atoms with Gasteiger partial charge >= 0.3 is 5.97 Å². The summed E-state index contributed by atoms with van der Waals surface area (Å²) in [6.45, 7) is 3.86. The molecule has 0 bridgehead atoms. The second-order valence-corrected chi connectivity index (χ2v) is 6.70. The van der Waals surface area contributed by atoms with E-state index in [-0.39, 0.29) is 18.4 Å². The predicted molar refractivity (Wildman–Crippen MR) is 103 cm³/mol. The molecule has 0 fully saturated rings. The summed E-state index contributed by atoms with van der Waals surface area (Å²) in [5, 5.41) is 12.2. The number of carbonyl (C=O) groups excluding carboxylic acids is 2. The van der Waals surface area contributed by atoms with Crippen LogP contribution in [0.4, 0.5) is 0 Å². The number of hydrogen-bond donors (Lipinski definition) is 1. The number of halogens is 1. The molecule has 0 aliphatic carbocycles. The minimum atomic E-state index is -0.766. The molecular formula is C21H21ClN2O3. The maximum atomic E-state index is 12.6. The van der Waals surface area contributed by atoms with Gasteiger partial charge in [-0.05, 0) is 47.9 Å². The highest BCUT2D eigenvalue weighted by molar-refractivity contribution is 6.30. The van der Waals surface area contributed by atoms with Crippen molar-refractivity contribution in [3.63, 3.8) is 0 Å². The van der Waals surface area contributed by atoms with Crippen LogP contribution >= 0.6 is 11.6 Å². The van der Waals surface area contributed by atoms with Crippen LogP contribution in [0.5, 0.6) is 0 Å². The van der Waals surface area contributed by atoms with Crippen molar-refractivity contribution < 1.29 is 14.3 Å². The van der Waals surface area contributed by atoms with Crippen LogP contribution in [0.25, 0.3) is 0 Å². The zero-order valence-corrected chi connectivity index (χ0v) is 16.0. The molecule has 2 atom stereocenters. The van der Waals surface area contributed by atoms with E-state index in [2.05, 4.69) is 5.32 Å². The van der Waals surface area contributed by atoms with Crippen LogP contribution in [0, 0.1) is 17.2 Å². The first-order valence-electron chi connectivity index (χ1n) is 8.66. The molecule has 2 aromatic carbocycles. The van der Waals surface area contributed by atoms with Crippen molar-refractivity contribution in [3.8, 4) is 6.07 Å². The van der Waals surface area contributed by atoms with Crippen LogP contribution in [0.15, 0.2) is 48.5 Å². The fourth-order valence-corrected chi connectivity index (χ4v) is 2.60. The number of nitrogens with one attached hydrogen (secondary N) is 1. The van der Waals surface area contributed by atoms with Crippen molar-refractivity contribution in [3.05, 3.63) is 70.2 Å². The van der Waals surface area contributed by atoms with Crippen molar-refractivity contribution in [1.29, 1.82) is 5.26 Å². The number of amides is 1. The van der Waals surface area contributed by atoms with Gasteiger partial charge in [-0.15, -0.1) is 0 Å². The minimum absolute atomic E-state index is 0.0398. The topological polar surface area (TPSA) is 79.2 Å². The van der Waals surface area contributed by atoms with E-state index in [1.54, 1.807) is 48.5 Å². The minimum Gasteiger partial charge on any atom is -0.459 e. The van der Waals surface area contributed by atoms with E-state index in [4.69, 9.17) is 21.6 Å². The largest absolute Gasteiger partial charge is 0.459 e. The molecule has 0 aliphatic rings. The quantitative estimate of drug-likeness (QED) is 0.729. The Morgan fingerprint density at radius 2 is 1.93 bits per heavy atom. The van der Waals surface area contributed by atoms with Gasteiger partial charge < -0.3 is 10.1 Å². The maximum absolute atomic E-state index is 12.6. The number of carbonyl (C=O) groups is 2. The molecule has 1 amide bonds. The summed E-state index contributed by atoms with van der Waals surface area (Å²) in [4.78, 5) is 25.0. The summed E-state index contributed by atoms with van der Waals surface area (Å²) >= 11 is 5.84. The van der Waals surface area contributed by atoms with Crippen LogP contribution in [0.2, 0.25) is 5.02 Å². The van der Waals surface area contributed by atoms with Gasteiger partial charge in [0, 0.05) is 10.6 Å². The van der Waals surface area contributed by atoms with Crippen molar-refractivity contribution >= 4 is 23.5 Å². The molecule has 2 rings (SSSR count). The normalized spacial score (nSPS) is 12.5.